The highest BCUT2D eigenvalue weighted by Gasteiger charge is 2.15. The predicted octanol–water partition coefficient (Wildman–Crippen LogP) is 3.72. The topological polar surface area (TPSA) is 15.3 Å². The lowest BCUT2D eigenvalue weighted by Crippen LogP contribution is -2.34. The van der Waals surface area contributed by atoms with Crippen LogP contribution in [0, 0.1) is 6.92 Å². The van der Waals surface area contributed by atoms with E-state index in [-0.39, 0.29) is 0 Å². The van der Waals surface area contributed by atoms with E-state index in [0.29, 0.717) is 12.1 Å². The van der Waals surface area contributed by atoms with Crippen molar-refractivity contribution in [2.75, 3.05) is 32.1 Å². The van der Waals surface area contributed by atoms with Gasteiger partial charge in [0.2, 0.25) is 0 Å². The van der Waals surface area contributed by atoms with E-state index >= 15 is 0 Å². The summed E-state index contributed by atoms with van der Waals surface area (Å²) in [5, 5.41) is 3.63. The maximum Gasteiger partial charge on any atom is 0.0334 e. The number of benzene rings is 1. The SMILES string of the molecule is CCNC(CCN(C)C(C)CSC)c1ccccc1C. The van der Waals surface area contributed by atoms with Crippen LogP contribution >= 0.6 is 11.8 Å². The Morgan fingerprint density at radius 1 is 1.30 bits per heavy atom. The summed E-state index contributed by atoms with van der Waals surface area (Å²) in [6, 6.07) is 9.84. The second-order valence-electron chi connectivity index (χ2n) is 5.54. The first-order valence-corrected chi connectivity index (χ1v) is 8.97. The minimum Gasteiger partial charge on any atom is -0.310 e. The molecule has 0 amide bonds. The molecule has 3 heteroatoms. The van der Waals surface area contributed by atoms with Crippen LogP contribution in [0.1, 0.15) is 37.4 Å². The first-order valence-electron chi connectivity index (χ1n) is 7.58. The number of hydrogen-bond acceptors (Lipinski definition) is 3. The second-order valence-corrected chi connectivity index (χ2v) is 6.45. The Morgan fingerprint density at radius 3 is 2.60 bits per heavy atom. The van der Waals surface area contributed by atoms with E-state index in [9.17, 15) is 0 Å². The van der Waals surface area contributed by atoms with Gasteiger partial charge >= 0.3 is 0 Å². The summed E-state index contributed by atoms with van der Waals surface area (Å²) in [6.45, 7) is 8.86. The molecule has 114 valence electrons. The number of rotatable bonds is 9. The van der Waals surface area contributed by atoms with Crippen molar-refractivity contribution in [3.63, 3.8) is 0 Å². The van der Waals surface area contributed by atoms with Crippen LogP contribution in [-0.2, 0) is 0 Å². The van der Waals surface area contributed by atoms with E-state index in [4.69, 9.17) is 0 Å². The Morgan fingerprint density at radius 2 is 2.00 bits per heavy atom. The minimum absolute atomic E-state index is 0.463. The number of nitrogens with zero attached hydrogens (tertiary/aromatic N) is 1. The highest BCUT2D eigenvalue weighted by molar-refractivity contribution is 7.98. The Bertz CT molecular complexity index is 381. The molecule has 0 saturated heterocycles. The molecule has 1 rings (SSSR count). The number of aryl methyl sites for hydroxylation is 1. The molecule has 0 fully saturated rings. The summed E-state index contributed by atoms with van der Waals surface area (Å²) in [4.78, 5) is 2.47. The third kappa shape index (κ3) is 5.47. The van der Waals surface area contributed by atoms with Gasteiger partial charge in [-0.25, -0.2) is 0 Å². The van der Waals surface area contributed by atoms with Crippen LogP contribution in [0.25, 0.3) is 0 Å². The van der Waals surface area contributed by atoms with Crippen LogP contribution in [-0.4, -0.2) is 43.1 Å². The van der Waals surface area contributed by atoms with Gasteiger partial charge in [0.25, 0.3) is 0 Å². The fraction of sp³-hybridized carbons (Fsp3) is 0.647. The van der Waals surface area contributed by atoms with E-state index in [0.717, 1.165) is 19.5 Å². The van der Waals surface area contributed by atoms with Gasteiger partial charge in [0.05, 0.1) is 0 Å². The average molecular weight is 295 g/mol. The van der Waals surface area contributed by atoms with Crippen molar-refractivity contribution in [3.8, 4) is 0 Å². The second kappa shape index (κ2) is 9.43. The van der Waals surface area contributed by atoms with Crippen LogP contribution in [0.15, 0.2) is 24.3 Å². The van der Waals surface area contributed by atoms with Gasteiger partial charge in [-0.1, -0.05) is 31.2 Å². The quantitative estimate of drug-likeness (QED) is 0.747. The Labute approximate surface area is 129 Å². The van der Waals surface area contributed by atoms with Gasteiger partial charge in [-0.2, -0.15) is 11.8 Å². The predicted molar refractivity (Wildman–Crippen MR) is 92.7 cm³/mol. The van der Waals surface area contributed by atoms with Crippen molar-refractivity contribution in [2.24, 2.45) is 0 Å². The summed E-state index contributed by atoms with van der Waals surface area (Å²) in [5.41, 5.74) is 2.83. The molecule has 1 aromatic rings. The van der Waals surface area contributed by atoms with Crippen molar-refractivity contribution in [2.45, 2.75) is 39.3 Å². The average Bonchev–Trinajstić information content (AvgIpc) is 2.44. The zero-order chi connectivity index (χ0) is 15.0. The van der Waals surface area contributed by atoms with Crippen molar-refractivity contribution in [3.05, 3.63) is 35.4 Å². The molecule has 1 aromatic carbocycles. The van der Waals surface area contributed by atoms with E-state index in [2.05, 4.69) is 68.6 Å². The molecule has 2 unspecified atom stereocenters. The lowest BCUT2D eigenvalue weighted by molar-refractivity contribution is 0.260. The Hall–Kier alpha value is -0.510. The molecule has 0 bridgehead atoms. The monoisotopic (exact) mass is 294 g/mol. The lowest BCUT2D eigenvalue weighted by atomic mass is 9.98. The largest absolute Gasteiger partial charge is 0.310 e. The van der Waals surface area contributed by atoms with E-state index in [1.165, 1.54) is 16.9 Å². The standard InChI is InChI=1S/C17H30N2S/c1-6-18-17(16-10-8-7-9-14(16)2)11-12-19(4)15(3)13-20-5/h7-10,15,17-18H,6,11-13H2,1-5H3. The van der Waals surface area contributed by atoms with E-state index < -0.39 is 0 Å². The zero-order valence-corrected chi connectivity index (χ0v) is 14.5. The zero-order valence-electron chi connectivity index (χ0n) is 13.6. The smallest absolute Gasteiger partial charge is 0.0334 e. The van der Waals surface area contributed by atoms with Crippen LogP contribution < -0.4 is 5.32 Å². The molecule has 1 N–H and O–H groups in total. The highest BCUT2D eigenvalue weighted by atomic mass is 32.2. The maximum absolute atomic E-state index is 3.63. The molecule has 0 aliphatic rings. The molecule has 0 aromatic heterocycles. The lowest BCUT2D eigenvalue weighted by Gasteiger charge is -2.27. The van der Waals surface area contributed by atoms with Crippen LogP contribution in [0.3, 0.4) is 0 Å². The van der Waals surface area contributed by atoms with E-state index in [1.54, 1.807) is 0 Å². The molecule has 0 saturated carbocycles. The first kappa shape index (κ1) is 17.5. The molecule has 20 heavy (non-hydrogen) atoms. The molecule has 2 atom stereocenters. The van der Waals surface area contributed by atoms with Gasteiger partial charge in [0.15, 0.2) is 0 Å². The normalized spacial score (nSPS) is 14.5. The Kier molecular flexibility index (Phi) is 8.27. The van der Waals surface area contributed by atoms with Crippen molar-refractivity contribution in [1.29, 1.82) is 0 Å². The summed E-state index contributed by atoms with van der Waals surface area (Å²) < 4.78 is 0. The summed E-state index contributed by atoms with van der Waals surface area (Å²) in [5.74, 6) is 1.20. The minimum atomic E-state index is 0.463. The van der Waals surface area contributed by atoms with Gasteiger partial charge < -0.3 is 10.2 Å². The van der Waals surface area contributed by atoms with Crippen molar-refractivity contribution in [1.82, 2.24) is 10.2 Å². The molecule has 0 radical (unpaired) electrons. The van der Waals surface area contributed by atoms with Crippen LogP contribution in [0.5, 0.6) is 0 Å². The summed E-state index contributed by atoms with van der Waals surface area (Å²) in [7, 11) is 2.24. The third-order valence-corrected chi connectivity index (χ3v) is 4.76. The molecule has 0 aliphatic heterocycles. The first-order chi connectivity index (χ1) is 9.60. The summed E-state index contributed by atoms with van der Waals surface area (Å²) >= 11 is 1.92. The highest BCUT2D eigenvalue weighted by Crippen LogP contribution is 2.21. The molecule has 2 nitrogen and oxygen atoms in total. The summed E-state index contributed by atoms with van der Waals surface area (Å²) in [6.07, 6.45) is 3.34. The van der Waals surface area contributed by atoms with E-state index in [1.807, 2.05) is 11.8 Å². The number of nitrogens with one attached hydrogen (secondary N) is 1. The van der Waals surface area contributed by atoms with Crippen LogP contribution in [0.4, 0.5) is 0 Å². The molecule has 0 spiro atoms. The number of thioether (sulfide) groups is 1. The molecule has 0 aliphatic carbocycles. The molecular formula is C17H30N2S. The van der Waals surface area contributed by atoms with Gasteiger partial charge in [-0.3, -0.25) is 0 Å². The molecule has 0 heterocycles. The molecular weight excluding hydrogens is 264 g/mol. The third-order valence-electron chi connectivity index (χ3n) is 3.95. The van der Waals surface area contributed by atoms with Crippen molar-refractivity contribution < 1.29 is 0 Å². The number of hydrogen-bond donors (Lipinski definition) is 1. The van der Waals surface area contributed by atoms with Crippen molar-refractivity contribution >= 4 is 11.8 Å². The fourth-order valence-corrected chi connectivity index (χ4v) is 3.25. The van der Waals surface area contributed by atoms with Gasteiger partial charge in [0, 0.05) is 17.8 Å². The van der Waals surface area contributed by atoms with Gasteiger partial charge in [-0.15, -0.1) is 0 Å². The fourth-order valence-electron chi connectivity index (χ4n) is 2.51. The van der Waals surface area contributed by atoms with Gasteiger partial charge in [0.1, 0.15) is 0 Å². The maximum atomic E-state index is 3.63. The van der Waals surface area contributed by atoms with Crippen LogP contribution in [0.2, 0.25) is 0 Å². The van der Waals surface area contributed by atoms with Gasteiger partial charge in [-0.05, 0) is 57.8 Å². The Balaban J connectivity index is 2.62.